The molecule has 37 heavy (non-hydrogen) atoms. The van der Waals surface area contributed by atoms with Gasteiger partial charge in [0.1, 0.15) is 11.4 Å². The zero-order valence-electron chi connectivity index (χ0n) is 21.5. The highest BCUT2D eigenvalue weighted by Gasteiger charge is 2.43. The van der Waals surface area contributed by atoms with Crippen molar-refractivity contribution in [1.29, 1.82) is 0 Å². The second kappa shape index (κ2) is 11.1. The molecule has 2 unspecified atom stereocenters. The summed E-state index contributed by atoms with van der Waals surface area (Å²) in [6.45, 7) is 3.55. The van der Waals surface area contributed by atoms with E-state index in [1.165, 1.54) is 12.1 Å². The van der Waals surface area contributed by atoms with Crippen LogP contribution in [0, 0.1) is 5.82 Å². The maximum absolute atomic E-state index is 13.6. The summed E-state index contributed by atoms with van der Waals surface area (Å²) in [5.74, 6) is -0.371. The predicted molar refractivity (Wildman–Crippen MR) is 143 cm³/mol. The fourth-order valence-corrected chi connectivity index (χ4v) is 5.43. The Balaban J connectivity index is 1.48. The van der Waals surface area contributed by atoms with Crippen molar-refractivity contribution >= 4 is 21.7 Å². The summed E-state index contributed by atoms with van der Waals surface area (Å²) >= 11 is 0. The van der Waals surface area contributed by atoms with Crippen LogP contribution in [0.2, 0.25) is 0 Å². The normalized spacial score (nSPS) is 21.0. The van der Waals surface area contributed by atoms with Gasteiger partial charge in [-0.05, 0) is 54.2 Å². The van der Waals surface area contributed by atoms with Crippen molar-refractivity contribution in [1.82, 2.24) is 14.5 Å². The van der Waals surface area contributed by atoms with Crippen LogP contribution >= 0.6 is 0 Å². The van der Waals surface area contributed by atoms with Gasteiger partial charge in [0.25, 0.3) is 0 Å². The zero-order valence-corrected chi connectivity index (χ0v) is 22.3. The molecule has 4 rings (SSSR count). The first kappa shape index (κ1) is 26.9. The SMILES string of the molecule is CC(c1ccc(C2=CN(C)CC=C2)cc1)N1CCC(CCCNS(C)(=O)=O)(c2ccc(F)cc2)OC1=O. The number of carbonyl (C=O) groups is 1. The summed E-state index contributed by atoms with van der Waals surface area (Å²) in [6, 6.07) is 14.0. The van der Waals surface area contributed by atoms with Gasteiger partial charge in [0, 0.05) is 39.3 Å². The average Bonchev–Trinajstić information content (AvgIpc) is 2.86. The number of carbonyl (C=O) groups excluding carboxylic acids is 1. The molecule has 2 aromatic carbocycles. The Morgan fingerprint density at radius 3 is 2.46 bits per heavy atom. The van der Waals surface area contributed by atoms with E-state index in [1.54, 1.807) is 17.0 Å². The molecule has 9 heteroatoms. The van der Waals surface area contributed by atoms with E-state index in [0.29, 0.717) is 31.4 Å². The van der Waals surface area contributed by atoms with E-state index in [9.17, 15) is 17.6 Å². The average molecular weight is 528 g/mol. The highest BCUT2D eigenvalue weighted by atomic mass is 32.2. The molecule has 0 aromatic heterocycles. The molecule has 0 bridgehead atoms. The third-order valence-electron chi connectivity index (χ3n) is 7.01. The minimum absolute atomic E-state index is 0.196. The Morgan fingerprint density at radius 2 is 1.84 bits per heavy atom. The van der Waals surface area contributed by atoms with E-state index in [2.05, 4.69) is 40.1 Å². The summed E-state index contributed by atoms with van der Waals surface area (Å²) in [5, 5.41) is 0. The molecule has 7 nitrogen and oxygen atoms in total. The van der Waals surface area contributed by atoms with Crippen LogP contribution in [0.4, 0.5) is 9.18 Å². The molecule has 1 amide bonds. The first-order valence-corrected chi connectivity index (χ1v) is 14.3. The maximum atomic E-state index is 13.6. The van der Waals surface area contributed by atoms with E-state index in [1.807, 2.05) is 26.1 Å². The van der Waals surface area contributed by atoms with Gasteiger partial charge in [0.15, 0.2) is 0 Å². The standard InChI is InChI=1S/C28H34FN3O4S/c1-21(22-7-9-23(10-8-22)24-6-4-18-31(2)20-24)32-19-16-28(36-27(32)33,15-5-17-30-37(3,34)35)25-11-13-26(29)14-12-25/h4,6-14,20-21,30H,5,15-19H2,1-3H3. The van der Waals surface area contributed by atoms with Gasteiger partial charge in [0.2, 0.25) is 10.0 Å². The zero-order chi connectivity index (χ0) is 26.6. The molecule has 1 N–H and O–H groups in total. The van der Waals surface area contributed by atoms with Crippen molar-refractivity contribution in [2.75, 3.05) is 32.9 Å². The molecule has 2 aliphatic rings. The van der Waals surface area contributed by atoms with Crippen molar-refractivity contribution < 1.29 is 22.3 Å². The summed E-state index contributed by atoms with van der Waals surface area (Å²) in [6.07, 6.45) is 8.41. The van der Waals surface area contributed by atoms with Crippen molar-refractivity contribution in [3.8, 4) is 0 Å². The van der Waals surface area contributed by atoms with E-state index in [0.717, 1.165) is 29.5 Å². The molecule has 0 aliphatic carbocycles. The number of nitrogens with zero attached hydrogens (tertiary/aromatic N) is 2. The Labute approximate surface area is 218 Å². The molecule has 1 fully saturated rings. The second-order valence-electron chi connectivity index (χ2n) is 9.81. The molecule has 0 spiro atoms. The molecule has 2 aromatic rings. The van der Waals surface area contributed by atoms with Gasteiger partial charge in [-0.3, -0.25) is 0 Å². The van der Waals surface area contributed by atoms with Gasteiger partial charge in [-0.25, -0.2) is 22.3 Å². The molecule has 2 atom stereocenters. The highest BCUT2D eigenvalue weighted by Crippen LogP contribution is 2.40. The van der Waals surface area contributed by atoms with Crippen LogP contribution in [0.15, 0.2) is 66.9 Å². The van der Waals surface area contributed by atoms with E-state index < -0.39 is 21.7 Å². The van der Waals surface area contributed by atoms with Gasteiger partial charge in [0.05, 0.1) is 12.3 Å². The van der Waals surface area contributed by atoms with E-state index >= 15 is 0 Å². The van der Waals surface area contributed by atoms with Crippen LogP contribution in [0.25, 0.3) is 5.57 Å². The first-order chi connectivity index (χ1) is 17.6. The predicted octanol–water partition coefficient (Wildman–Crippen LogP) is 4.80. The van der Waals surface area contributed by atoms with Gasteiger partial charge >= 0.3 is 6.09 Å². The number of allylic oxidation sites excluding steroid dienone is 2. The number of sulfonamides is 1. The number of ether oxygens (including phenoxy) is 1. The van der Waals surface area contributed by atoms with Gasteiger partial charge in [-0.15, -0.1) is 0 Å². The molecule has 0 saturated carbocycles. The van der Waals surface area contributed by atoms with E-state index in [-0.39, 0.29) is 18.4 Å². The molecular weight excluding hydrogens is 493 g/mol. The molecule has 2 heterocycles. The molecule has 198 valence electrons. The Kier molecular flexibility index (Phi) is 8.04. The summed E-state index contributed by atoms with van der Waals surface area (Å²) < 4.78 is 45.1. The van der Waals surface area contributed by atoms with Crippen molar-refractivity contribution in [2.45, 2.75) is 37.8 Å². The fourth-order valence-electron chi connectivity index (χ4n) is 4.91. The van der Waals surface area contributed by atoms with E-state index in [4.69, 9.17) is 4.74 Å². The van der Waals surface area contributed by atoms with Gasteiger partial charge < -0.3 is 14.5 Å². The lowest BCUT2D eigenvalue weighted by molar-refractivity contribution is -0.0662. The number of likely N-dealkylation sites (N-methyl/N-ethyl adjacent to an activating group) is 1. The molecule has 0 radical (unpaired) electrons. The summed E-state index contributed by atoms with van der Waals surface area (Å²) in [5.41, 5.74) is 3.01. The third kappa shape index (κ3) is 6.59. The lowest BCUT2D eigenvalue weighted by atomic mass is 9.84. The number of amides is 1. The van der Waals surface area contributed by atoms with Crippen LogP contribution in [0.5, 0.6) is 0 Å². The van der Waals surface area contributed by atoms with Gasteiger partial charge in [-0.2, -0.15) is 0 Å². The maximum Gasteiger partial charge on any atom is 0.411 e. The summed E-state index contributed by atoms with van der Waals surface area (Å²) in [7, 11) is -1.28. The topological polar surface area (TPSA) is 78.9 Å². The minimum atomic E-state index is -3.32. The quantitative estimate of drug-likeness (QED) is 0.474. The molecular formula is C28H34FN3O4S. The number of rotatable bonds is 9. The number of nitrogens with one attached hydrogen (secondary N) is 1. The lowest BCUT2D eigenvalue weighted by Gasteiger charge is -2.43. The third-order valence-corrected chi connectivity index (χ3v) is 7.74. The largest absolute Gasteiger partial charge is 0.438 e. The molecule has 2 aliphatic heterocycles. The van der Waals surface area contributed by atoms with Crippen molar-refractivity contribution in [3.63, 3.8) is 0 Å². The van der Waals surface area contributed by atoms with Crippen LogP contribution in [0.1, 0.15) is 48.9 Å². The lowest BCUT2D eigenvalue weighted by Crippen LogP contribution is -2.49. The van der Waals surface area contributed by atoms with Crippen LogP contribution in [0.3, 0.4) is 0 Å². The highest BCUT2D eigenvalue weighted by molar-refractivity contribution is 7.88. The second-order valence-corrected chi connectivity index (χ2v) is 11.6. The smallest absolute Gasteiger partial charge is 0.411 e. The Morgan fingerprint density at radius 1 is 1.14 bits per heavy atom. The molecule has 1 saturated heterocycles. The number of halogens is 1. The number of benzene rings is 2. The number of hydrogen-bond acceptors (Lipinski definition) is 5. The van der Waals surface area contributed by atoms with Crippen molar-refractivity contribution in [2.24, 2.45) is 0 Å². The Bertz CT molecular complexity index is 1280. The minimum Gasteiger partial charge on any atom is -0.438 e. The van der Waals surface area contributed by atoms with Crippen LogP contribution in [-0.4, -0.2) is 57.2 Å². The fraction of sp³-hybridized carbons (Fsp3) is 0.393. The number of cyclic esters (lactones) is 1. The van der Waals surface area contributed by atoms with Crippen molar-refractivity contribution in [3.05, 3.63) is 89.4 Å². The first-order valence-electron chi connectivity index (χ1n) is 12.5. The van der Waals surface area contributed by atoms with Gasteiger partial charge in [-0.1, -0.05) is 48.6 Å². The van der Waals surface area contributed by atoms with Crippen LogP contribution in [-0.2, 0) is 20.4 Å². The monoisotopic (exact) mass is 527 g/mol. The number of hydrogen-bond donors (Lipinski definition) is 1. The van der Waals surface area contributed by atoms with Crippen LogP contribution < -0.4 is 4.72 Å². The summed E-state index contributed by atoms with van der Waals surface area (Å²) in [4.78, 5) is 17.1. The Hall–Kier alpha value is -3.17.